The molecule has 0 saturated heterocycles. The predicted molar refractivity (Wildman–Crippen MR) is 68.3 cm³/mol. The second-order valence-corrected chi connectivity index (χ2v) is 4.83. The SMILES string of the molecule is CCCCCn1cnc(CNCC(C)C)c1. The van der Waals surface area contributed by atoms with Crippen LogP contribution in [0.15, 0.2) is 12.5 Å². The number of nitrogens with zero attached hydrogens (tertiary/aromatic N) is 2. The van der Waals surface area contributed by atoms with Gasteiger partial charge in [-0.1, -0.05) is 33.6 Å². The van der Waals surface area contributed by atoms with Crippen molar-refractivity contribution in [3.8, 4) is 0 Å². The monoisotopic (exact) mass is 223 g/mol. The fraction of sp³-hybridized carbons (Fsp3) is 0.769. The van der Waals surface area contributed by atoms with Crippen molar-refractivity contribution >= 4 is 0 Å². The van der Waals surface area contributed by atoms with Gasteiger partial charge in [0.15, 0.2) is 0 Å². The zero-order chi connectivity index (χ0) is 11.8. The van der Waals surface area contributed by atoms with Crippen LogP contribution in [0.3, 0.4) is 0 Å². The van der Waals surface area contributed by atoms with Crippen molar-refractivity contribution in [2.75, 3.05) is 6.54 Å². The molecule has 1 aromatic rings. The summed E-state index contributed by atoms with van der Waals surface area (Å²) >= 11 is 0. The number of rotatable bonds is 8. The first-order valence-corrected chi connectivity index (χ1v) is 6.43. The van der Waals surface area contributed by atoms with Crippen molar-refractivity contribution in [1.82, 2.24) is 14.9 Å². The maximum atomic E-state index is 4.39. The molecule has 0 spiro atoms. The fourth-order valence-corrected chi connectivity index (χ4v) is 1.65. The molecule has 0 radical (unpaired) electrons. The minimum Gasteiger partial charge on any atom is -0.337 e. The van der Waals surface area contributed by atoms with E-state index in [-0.39, 0.29) is 0 Å². The maximum Gasteiger partial charge on any atom is 0.0949 e. The highest BCUT2D eigenvalue weighted by Gasteiger charge is 1.99. The van der Waals surface area contributed by atoms with Crippen LogP contribution in [0.5, 0.6) is 0 Å². The number of aryl methyl sites for hydroxylation is 1. The minimum absolute atomic E-state index is 0.701. The Morgan fingerprint density at radius 2 is 2.19 bits per heavy atom. The van der Waals surface area contributed by atoms with Crippen molar-refractivity contribution in [2.45, 2.75) is 53.1 Å². The average Bonchev–Trinajstić information content (AvgIpc) is 2.66. The highest BCUT2D eigenvalue weighted by molar-refractivity contribution is 4.96. The third-order valence-electron chi connectivity index (χ3n) is 2.57. The van der Waals surface area contributed by atoms with Gasteiger partial charge in [0, 0.05) is 19.3 Å². The summed E-state index contributed by atoms with van der Waals surface area (Å²) in [5.74, 6) is 0.701. The maximum absolute atomic E-state index is 4.39. The van der Waals surface area contributed by atoms with Gasteiger partial charge in [-0.3, -0.25) is 0 Å². The summed E-state index contributed by atoms with van der Waals surface area (Å²) in [7, 11) is 0. The number of imidazole rings is 1. The Morgan fingerprint density at radius 3 is 2.88 bits per heavy atom. The van der Waals surface area contributed by atoms with Crippen molar-refractivity contribution in [1.29, 1.82) is 0 Å². The van der Waals surface area contributed by atoms with E-state index in [0.29, 0.717) is 5.92 Å². The smallest absolute Gasteiger partial charge is 0.0949 e. The second-order valence-electron chi connectivity index (χ2n) is 4.83. The van der Waals surface area contributed by atoms with Gasteiger partial charge >= 0.3 is 0 Å². The molecular formula is C13H25N3. The lowest BCUT2D eigenvalue weighted by Gasteiger charge is -2.04. The van der Waals surface area contributed by atoms with Gasteiger partial charge in [0.05, 0.1) is 12.0 Å². The first-order chi connectivity index (χ1) is 7.72. The van der Waals surface area contributed by atoms with E-state index < -0.39 is 0 Å². The van der Waals surface area contributed by atoms with E-state index in [2.05, 4.69) is 41.8 Å². The summed E-state index contributed by atoms with van der Waals surface area (Å²) < 4.78 is 2.20. The fourth-order valence-electron chi connectivity index (χ4n) is 1.65. The normalized spacial score (nSPS) is 11.2. The van der Waals surface area contributed by atoms with E-state index in [1.807, 2.05) is 6.33 Å². The number of aromatic nitrogens is 2. The molecule has 0 aliphatic carbocycles. The molecule has 0 fully saturated rings. The highest BCUT2D eigenvalue weighted by Crippen LogP contribution is 2.01. The molecule has 0 aliphatic heterocycles. The van der Waals surface area contributed by atoms with Crippen molar-refractivity contribution in [3.63, 3.8) is 0 Å². The molecule has 3 heteroatoms. The number of nitrogens with one attached hydrogen (secondary N) is 1. The van der Waals surface area contributed by atoms with Crippen molar-refractivity contribution in [2.24, 2.45) is 5.92 Å². The molecule has 1 aromatic heterocycles. The van der Waals surface area contributed by atoms with Gasteiger partial charge in [0.1, 0.15) is 0 Å². The standard InChI is InChI=1S/C13H25N3/c1-4-5-6-7-16-10-13(15-11-16)9-14-8-12(2)3/h10-12,14H,4-9H2,1-3H3. The van der Waals surface area contributed by atoms with E-state index in [1.54, 1.807) is 0 Å². The summed E-state index contributed by atoms with van der Waals surface area (Å²) in [5.41, 5.74) is 1.15. The largest absolute Gasteiger partial charge is 0.337 e. The lowest BCUT2D eigenvalue weighted by molar-refractivity contribution is 0.548. The summed E-state index contributed by atoms with van der Waals surface area (Å²) in [4.78, 5) is 4.39. The van der Waals surface area contributed by atoms with Crippen LogP contribution in [0.2, 0.25) is 0 Å². The lowest BCUT2D eigenvalue weighted by atomic mass is 10.2. The third-order valence-corrected chi connectivity index (χ3v) is 2.57. The Bertz CT molecular complexity index is 278. The predicted octanol–water partition coefficient (Wildman–Crippen LogP) is 2.82. The van der Waals surface area contributed by atoms with Crippen LogP contribution in [-0.2, 0) is 13.1 Å². The van der Waals surface area contributed by atoms with Crippen LogP contribution in [-0.4, -0.2) is 16.1 Å². The van der Waals surface area contributed by atoms with Crippen LogP contribution in [0.1, 0.15) is 45.7 Å². The summed E-state index contributed by atoms with van der Waals surface area (Å²) in [6, 6.07) is 0. The van der Waals surface area contributed by atoms with Crippen LogP contribution < -0.4 is 5.32 Å². The first-order valence-electron chi connectivity index (χ1n) is 6.43. The van der Waals surface area contributed by atoms with Gasteiger partial charge in [-0.25, -0.2) is 4.98 Å². The summed E-state index contributed by atoms with van der Waals surface area (Å²) in [5, 5.41) is 3.41. The van der Waals surface area contributed by atoms with Crippen LogP contribution >= 0.6 is 0 Å². The summed E-state index contributed by atoms with van der Waals surface area (Å²) in [6.07, 6.45) is 7.94. The molecule has 0 bridgehead atoms. The van der Waals surface area contributed by atoms with Gasteiger partial charge in [-0.05, 0) is 18.9 Å². The molecule has 0 saturated carbocycles. The topological polar surface area (TPSA) is 29.9 Å². The highest BCUT2D eigenvalue weighted by atomic mass is 15.0. The third kappa shape index (κ3) is 5.31. The molecule has 1 rings (SSSR count). The van der Waals surface area contributed by atoms with Gasteiger partial charge in [0.2, 0.25) is 0 Å². The first kappa shape index (κ1) is 13.2. The number of hydrogen-bond donors (Lipinski definition) is 1. The Kier molecular flexibility index (Phi) is 6.16. The molecule has 0 atom stereocenters. The average molecular weight is 223 g/mol. The van der Waals surface area contributed by atoms with E-state index in [0.717, 1.165) is 25.3 Å². The number of hydrogen-bond acceptors (Lipinski definition) is 2. The lowest BCUT2D eigenvalue weighted by Crippen LogP contribution is -2.19. The quantitative estimate of drug-likeness (QED) is 0.687. The van der Waals surface area contributed by atoms with Crippen LogP contribution in [0, 0.1) is 5.92 Å². The van der Waals surface area contributed by atoms with E-state index in [4.69, 9.17) is 0 Å². The Hall–Kier alpha value is -0.830. The second kappa shape index (κ2) is 7.44. The molecule has 1 N–H and O–H groups in total. The van der Waals surface area contributed by atoms with Crippen molar-refractivity contribution < 1.29 is 0 Å². The van der Waals surface area contributed by atoms with E-state index in [9.17, 15) is 0 Å². The van der Waals surface area contributed by atoms with Gasteiger partial charge in [0.25, 0.3) is 0 Å². The Morgan fingerprint density at radius 1 is 1.38 bits per heavy atom. The summed E-state index contributed by atoms with van der Waals surface area (Å²) in [6.45, 7) is 9.72. The zero-order valence-electron chi connectivity index (χ0n) is 10.9. The zero-order valence-corrected chi connectivity index (χ0v) is 10.9. The molecule has 1 heterocycles. The minimum atomic E-state index is 0.701. The Labute approximate surface area is 99.3 Å². The molecule has 0 amide bonds. The molecule has 0 aromatic carbocycles. The molecule has 0 aliphatic rings. The van der Waals surface area contributed by atoms with E-state index in [1.165, 1.54) is 19.3 Å². The van der Waals surface area contributed by atoms with Gasteiger partial charge in [-0.2, -0.15) is 0 Å². The molecule has 0 unspecified atom stereocenters. The Balaban J connectivity index is 2.22. The molecule has 16 heavy (non-hydrogen) atoms. The molecule has 3 nitrogen and oxygen atoms in total. The molecular weight excluding hydrogens is 198 g/mol. The van der Waals surface area contributed by atoms with Crippen molar-refractivity contribution in [3.05, 3.63) is 18.2 Å². The number of unbranched alkanes of at least 4 members (excludes halogenated alkanes) is 2. The van der Waals surface area contributed by atoms with Gasteiger partial charge in [-0.15, -0.1) is 0 Å². The van der Waals surface area contributed by atoms with E-state index >= 15 is 0 Å². The molecule has 92 valence electrons. The van der Waals surface area contributed by atoms with Crippen LogP contribution in [0.4, 0.5) is 0 Å². The van der Waals surface area contributed by atoms with Crippen LogP contribution in [0.25, 0.3) is 0 Å². The van der Waals surface area contributed by atoms with Gasteiger partial charge < -0.3 is 9.88 Å².